The normalized spacial score (nSPS) is 17.9. The molecular weight excluding hydrogens is 592 g/mol. The number of nitrogens with zero attached hydrogens (tertiary/aromatic N) is 2. The number of carbonyl (C=O) groups excluding carboxylic acids is 3. The molecule has 0 aliphatic carbocycles. The summed E-state index contributed by atoms with van der Waals surface area (Å²) >= 11 is 0.726. The summed E-state index contributed by atoms with van der Waals surface area (Å²) in [6, 6.07) is 10.5. The first-order valence-electron chi connectivity index (χ1n) is 12.4. The van der Waals surface area contributed by atoms with E-state index in [9.17, 15) is 40.7 Å². The Morgan fingerprint density at radius 1 is 0.905 bits per heavy atom. The summed E-state index contributed by atoms with van der Waals surface area (Å²) < 4.78 is 89.8. The smallest absolute Gasteiger partial charge is 0.416 e. The number of cyclic esters (lactones) is 1. The Hall–Kier alpha value is -4.11. The van der Waals surface area contributed by atoms with Crippen LogP contribution in [0.5, 0.6) is 0 Å². The van der Waals surface area contributed by atoms with Crippen LogP contribution in [0.2, 0.25) is 0 Å². The van der Waals surface area contributed by atoms with Crippen LogP contribution in [0.1, 0.15) is 20.8 Å². The Morgan fingerprint density at radius 2 is 1.52 bits per heavy atom. The zero-order valence-electron chi connectivity index (χ0n) is 21.4. The molecule has 1 atom stereocenters. The Labute approximate surface area is 238 Å². The molecule has 15 heteroatoms. The van der Waals surface area contributed by atoms with Gasteiger partial charge in [-0.05, 0) is 60.2 Å². The number of anilines is 2. The minimum Gasteiger partial charge on any atom is -0.442 e. The van der Waals surface area contributed by atoms with Gasteiger partial charge in [0, 0.05) is 22.8 Å². The van der Waals surface area contributed by atoms with Crippen molar-refractivity contribution in [2.24, 2.45) is 0 Å². The molecular formula is C27H21F6N3O5S. The van der Waals surface area contributed by atoms with Gasteiger partial charge in [-0.1, -0.05) is 0 Å². The van der Waals surface area contributed by atoms with Gasteiger partial charge in [0.25, 0.3) is 11.8 Å². The Balaban J connectivity index is 1.21. The summed E-state index contributed by atoms with van der Waals surface area (Å²) in [6.07, 6.45) is -11.4. The fourth-order valence-electron chi connectivity index (χ4n) is 4.45. The summed E-state index contributed by atoms with van der Waals surface area (Å²) in [6.45, 7) is 0.832. The maximum absolute atomic E-state index is 13.2. The van der Waals surface area contributed by atoms with E-state index in [2.05, 4.69) is 5.32 Å². The third kappa shape index (κ3) is 6.36. The molecule has 5 rings (SSSR count). The van der Waals surface area contributed by atoms with Gasteiger partial charge in [-0.15, -0.1) is 11.3 Å². The molecule has 2 aromatic carbocycles. The topological polar surface area (TPSA) is 88.2 Å². The molecule has 8 nitrogen and oxygen atoms in total. The number of benzene rings is 2. The van der Waals surface area contributed by atoms with E-state index in [0.717, 1.165) is 11.3 Å². The fourth-order valence-corrected chi connectivity index (χ4v) is 5.36. The van der Waals surface area contributed by atoms with E-state index in [0.29, 0.717) is 36.7 Å². The molecule has 0 spiro atoms. The highest BCUT2D eigenvalue weighted by atomic mass is 32.1. The third-order valence-electron chi connectivity index (χ3n) is 6.53. The van der Waals surface area contributed by atoms with Gasteiger partial charge in [0.05, 0.1) is 35.7 Å². The molecule has 0 bridgehead atoms. The van der Waals surface area contributed by atoms with Gasteiger partial charge in [0.2, 0.25) is 0 Å². The number of halogens is 6. The molecule has 42 heavy (non-hydrogen) atoms. The second kappa shape index (κ2) is 11.3. The maximum Gasteiger partial charge on any atom is 0.416 e. The minimum atomic E-state index is -5.00. The van der Waals surface area contributed by atoms with Crippen molar-refractivity contribution in [3.05, 3.63) is 70.6 Å². The molecule has 2 saturated heterocycles. The number of rotatable bonds is 6. The predicted octanol–water partition coefficient (Wildman–Crippen LogP) is 5.57. The number of nitrogens with one attached hydrogen (secondary N) is 1. The van der Waals surface area contributed by atoms with Crippen LogP contribution in [0, 0.1) is 0 Å². The van der Waals surface area contributed by atoms with E-state index in [4.69, 9.17) is 9.47 Å². The average molecular weight is 614 g/mol. The number of amides is 3. The van der Waals surface area contributed by atoms with E-state index in [1.54, 1.807) is 29.2 Å². The van der Waals surface area contributed by atoms with Crippen LogP contribution < -0.4 is 15.1 Å². The van der Waals surface area contributed by atoms with Crippen LogP contribution in [0.4, 0.5) is 42.5 Å². The monoisotopic (exact) mass is 613 g/mol. The van der Waals surface area contributed by atoms with Gasteiger partial charge < -0.3 is 19.7 Å². The summed E-state index contributed by atoms with van der Waals surface area (Å²) in [5.74, 6) is -0.813. The number of thiophene rings is 1. The zero-order valence-corrected chi connectivity index (χ0v) is 22.2. The molecule has 2 fully saturated rings. The molecule has 0 saturated carbocycles. The SMILES string of the molecule is O=C(NC[C@@H]1CN(c2ccc(N3CCOCC3=O)cc2)C(=O)O1)c1ccc(-c2cc(C(F)(F)F)cc(C(F)(F)F)c2)s1. The first-order chi connectivity index (χ1) is 19.8. The highest BCUT2D eigenvalue weighted by Crippen LogP contribution is 2.40. The lowest BCUT2D eigenvalue weighted by molar-refractivity contribution is -0.143. The summed E-state index contributed by atoms with van der Waals surface area (Å²) in [5.41, 5.74) is -2.07. The van der Waals surface area contributed by atoms with Gasteiger partial charge in [-0.3, -0.25) is 14.5 Å². The van der Waals surface area contributed by atoms with Crippen LogP contribution in [-0.2, 0) is 26.6 Å². The molecule has 3 amide bonds. The van der Waals surface area contributed by atoms with Gasteiger partial charge in [-0.2, -0.15) is 26.3 Å². The second-order valence-electron chi connectivity index (χ2n) is 9.40. The van der Waals surface area contributed by atoms with E-state index in [-0.39, 0.29) is 47.0 Å². The van der Waals surface area contributed by atoms with Crippen molar-refractivity contribution in [2.75, 3.05) is 42.6 Å². The van der Waals surface area contributed by atoms with Crippen molar-refractivity contribution < 1.29 is 50.2 Å². The van der Waals surface area contributed by atoms with Gasteiger partial charge in [0.1, 0.15) is 12.7 Å². The van der Waals surface area contributed by atoms with E-state index < -0.39 is 41.6 Å². The van der Waals surface area contributed by atoms with Crippen molar-refractivity contribution >= 4 is 40.6 Å². The maximum atomic E-state index is 13.2. The average Bonchev–Trinajstić information content (AvgIpc) is 3.58. The van der Waals surface area contributed by atoms with E-state index in [1.807, 2.05) is 0 Å². The van der Waals surface area contributed by atoms with Crippen molar-refractivity contribution in [3.8, 4) is 10.4 Å². The Morgan fingerprint density at radius 3 is 2.12 bits per heavy atom. The van der Waals surface area contributed by atoms with Gasteiger partial charge in [-0.25, -0.2) is 4.79 Å². The van der Waals surface area contributed by atoms with E-state index in [1.165, 1.54) is 17.0 Å². The number of hydrogen-bond donors (Lipinski definition) is 1. The molecule has 0 unspecified atom stereocenters. The molecule has 222 valence electrons. The van der Waals surface area contributed by atoms with Gasteiger partial charge >= 0.3 is 18.4 Å². The molecule has 3 heterocycles. The third-order valence-corrected chi connectivity index (χ3v) is 7.66. The quantitative estimate of drug-likeness (QED) is 0.368. The molecule has 2 aliphatic heterocycles. The van der Waals surface area contributed by atoms with Crippen LogP contribution in [0.25, 0.3) is 10.4 Å². The van der Waals surface area contributed by atoms with Crippen LogP contribution >= 0.6 is 11.3 Å². The van der Waals surface area contributed by atoms with Crippen molar-refractivity contribution in [2.45, 2.75) is 18.5 Å². The Bertz CT molecular complexity index is 1470. The van der Waals surface area contributed by atoms with Crippen LogP contribution in [0.15, 0.2) is 54.6 Å². The fraction of sp³-hybridized carbons (Fsp3) is 0.296. The highest BCUT2D eigenvalue weighted by Gasteiger charge is 2.37. The van der Waals surface area contributed by atoms with E-state index >= 15 is 0 Å². The molecule has 1 aromatic heterocycles. The summed E-state index contributed by atoms with van der Waals surface area (Å²) in [5, 5.41) is 2.58. The number of alkyl halides is 6. The van der Waals surface area contributed by atoms with Crippen LogP contribution in [-0.4, -0.2) is 56.9 Å². The molecule has 0 radical (unpaired) electrons. The standard InChI is InChI=1S/C27H21F6N3O5S/c28-26(29,30)16-9-15(10-17(11-16)27(31,32)33)21-5-6-22(42-21)24(38)34-12-20-13-36(25(39)41-20)19-3-1-18(2-4-19)35-7-8-40-14-23(35)37/h1-6,9-11,20H,7-8,12-14H2,(H,34,38)/t20-/m1/s1. The summed E-state index contributed by atoms with van der Waals surface area (Å²) in [7, 11) is 0. The molecule has 1 N–H and O–H groups in total. The predicted molar refractivity (Wildman–Crippen MR) is 139 cm³/mol. The number of carbonyl (C=O) groups is 3. The molecule has 3 aromatic rings. The minimum absolute atomic E-state index is 0.00930. The first-order valence-corrected chi connectivity index (χ1v) is 13.3. The highest BCUT2D eigenvalue weighted by molar-refractivity contribution is 7.17. The number of ether oxygens (including phenoxy) is 2. The number of morpholine rings is 1. The van der Waals surface area contributed by atoms with Crippen molar-refractivity contribution in [3.63, 3.8) is 0 Å². The lowest BCUT2D eigenvalue weighted by atomic mass is 10.0. The summed E-state index contributed by atoms with van der Waals surface area (Å²) in [4.78, 5) is 40.2. The van der Waals surface area contributed by atoms with Crippen molar-refractivity contribution in [1.82, 2.24) is 5.32 Å². The largest absolute Gasteiger partial charge is 0.442 e. The second-order valence-corrected chi connectivity index (χ2v) is 10.5. The Kier molecular flexibility index (Phi) is 7.90. The lowest BCUT2D eigenvalue weighted by Crippen LogP contribution is -2.41. The van der Waals surface area contributed by atoms with Crippen LogP contribution in [0.3, 0.4) is 0 Å². The zero-order chi connectivity index (χ0) is 30.2. The first kappa shape index (κ1) is 29.4. The van der Waals surface area contributed by atoms with Gasteiger partial charge in [0.15, 0.2) is 0 Å². The lowest BCUT2D eigenvalue weighted by Gasteiger charge is -2.27. The van der Waals surface area contributed by atoms with Crippen molar-refractivity contribution in [1.29, 1.82) is 0 Å². The molecule has 2 aliphatic rings. The number of hydrogen-bond acceptors (Lipinski definition) is 6.